The number of Topliss-reactive ketones (excluding diaryl/α,β-unsaturated/α-hetero) is 1. The maximum atomic E-state index is 12.0. The lowest BCUT2D eigenvalue weighted by atomic mass is 9.56. The molecule has 3 rings (SSSR count). The van der Waals surface area contributed by atoms with E-state index in [9.17, 15) is 4.79 Å². The summed E-state index contributed by atoms with van der Waals surface area (Å²) in [6.07, 6.45) is 5.92. The highest BCUT2D eigenvalue weighted by molar-refractivity contribution is 6.13. The number of hydrogen-bond donors (Lipinski definition) is 0. The lowest BCUT2D eigenvalue weighted by molar-refractivity contribution is 0.0781. The van der Waals surface area contributed by atoms with Gasteiger partial charge in [0.25, 0.3) is 0 Å². The van der Waals surface area contributed by atoms with Crippen LogP contribution in [-0.4, -0.2) is 5.78 Å². The van der Waals surface area contributed by atoms with Crippen molar-refractivity contribution in [3.8, 4) is 0 Å². The molecule has 1 fully saturated rings. The quantitative estimate of drug-likeness (QED) is 0.608. The summed E-state index contributed by atoms with van der Waals surface area (Å²) in [5.41, 5.74) is 2.26. The molecule has 1 spiro atoms. The molecule has 14 heavy (non-hydrogen) atoms. The van der Waals surface area contributed by atoms with Gasteiger partial charge in [-0.15, -0.1) is 0 Å². The maximum absolute atomic E-state index is 12.0. The van der Waals surface area contributed by atoms with Gasteiger partial charge in [-0.05, 0) is 18.4 Å². The SMILES string of the molecule is O=C1c2ccccc2C12CCCCC2. The number of benzene rings is 1. The Morgan fingerprint density at radius 2 is 1.71 bits per heavy atom. The van der Waals surface area contributed by atoms with Crippen molar-refractivity contribution in [3.63, 3.8) is 0 Å². The Hall–Kier alpha value is -1.11. The van der Waals surface area contributed by atoms with Crippen molar-refractivity contribution in [3.05, 3.63) is 35.4 Å². The number of carbonyl (C=O) groups excluding carboxylic acids is 1. The van der Waals surface area contributed by atoms with Crippen molar-refractivity contribution in [1.82, 2.24) is 0 Å². The van der Waals surface area contributed by atoms with Gasteiger partial charge in [0.15, 0.2) is 5.78 Å². The molecule has 1 heteroatoms. The molecule has 0 saturated heterocycles. The van der Waals surface area contributed by atoms with Crippen molar-refractivity contribution in [2.75, 3.05) is 0 Å². The van der Waals surface area contributed by atoms with E-state index in [1.807, 2.05) is 12.1 Å². The predicted molar refractivity (Wildman–Crippen MR) is 55.5 cm³/mol. The summed E-state index contributed by atoms with van der Waals surface area (Å²) in [5, 5.41) is 0. The monoisotopic (exact) mass is 186 g/mol. The summed E-state index contributed by atoms with van der Waals surface area (Å²) >= 11 is 0. The standard InChI is InChI=1S/C13H14O/c14-12-10-6-2-3-7-11(10)13(12)8-4-1-5-9-13/h2-3,6-7H,1,4-5,8-9H2. The number of fused-ring (bicyclic) bond motifs is 2. The van der Waals surface area contributed by atoms with E-state index in [0.717, 1.165) is 18.4 Å². The van der Waals surface area contributed by atoms with Crippen molar-refractivity contribution in [2.24, 2.45) is 0 Å². The van der Waals surface area contributed by atoms with E-state index in [-0.39, 0.29) is 5.41 Å². The van der Waals surface area contributed by atoms with E-state index in [4.69, 9.17) is 0 Å². The molecule has 0 amide bonds. The first-order chi connectivity index (χ1) is 6.84. The third-order valence-electron chi connectivity index (χ3n) is 3.83. The fourth-order valence-corrected chi connectivity index (χ4v) is 3.07. The molecule has 0 radical (unpaired) electrons. The second-order valence-corrected chi connectivity index (χ2v) is 4.52. The number of rotatable bonds is 0. The second kappa shape index (κ2) is 2.69. The van der Waals surface area contributed by atoms with Gasteiger partial charge < -0.3 is 0 Å². The van der Waals surface area contributed by atoms with E-state index >= 15 is 0 Å². The average Bonchev–Trinajstić information content (AvgIpc) is 2.30. The van der Waals surface area contributed by atoms with E-state index in [0.29, 0.717) is 5.78 Å². The molecule has 0 unspecified atom stereocenters. The molecule has 1 saturated carbocycles. The summed E-state index contributed by atoms with van der Waals surface area (Å²) in [6.45, 7) is 0. The first kappa shape index (κ1) is 8.22. The normalized spacial score (nSPS) is 23.0. The van der Waals surface area contributed by atoms with Gasteiger partial charge in [-0.25, -0.2) is 0 Å². The Morgan fingerprint density at radius 3 is 2.50 bits per heavy atom. The third-order valence-corrected chi connectivity index (χ3v) is 3.83. The Balaban J connectivity index is 2.08. The highest BCUT2D eigenvalue weighted by atomic mass is 16.1. The third kappa shape index (κ3) is 0.827. The van der Waals surface area contributed by atoms with Gasteiger partial charge in [0.2, 0.25) is 0 Å². The lowest BCUT2D eigenvalue weighted by Crippen LogP contribution is -2.47. The van der Waals surface area contributed by atoms with E-state index in [1.54, 1.807) is 0 Å². The summed E-state index contributed by atoms with van der Waals surface area (Å²) in [4.78, 5) is 12.0. The summed E-state index contributed by atoms with van der Waals surface area (Å²) in [7, 11) is 0. The minimum absolute atomic E-state index is 0.0468. The molecule has 0 heterocycles. The summed E-state index contributed by atoms with van der Waals surface area (Å²) < 4.78 is 0. The topological polar surface area (TPSA) is 17.1 Å². The predicted octanol–water partition coefficient (Wildman–Crippen LogP) is 3.08. The zero-order valence-electron chi connectivity index (χ0n) is 8.25. The largest absolute Gasteiger partial charge is 0.293 e. The van der Waals surface area contributed by atoms with Crippen LogP contribution in [0.15, 0.2) is 24.3 Å². The van der Waals surface area contributed by atoms with Gasteiger partial charge in [-0.3, -0.25) is 4.79 Å². The minimum atomic E-state index is -0.0468. The number of hydrogen-bond acceptors (Lipinski definition) is 1. The Morgan fingerprint density at radius 1 is 1.00 bits per heavy atom. The lowest BCUT2D eigenvalue weighted by Gasteiger charge is -2.44. The zero-order valence-corrected chi connectivity index (χ0v) is 8.25. The molecule has 0 aromatic heterocycles. The van der Waals surface area contributed by atoms with Crippen LogP contribution in [0.5, 0.6) is 0 Å². The Labute approximate surface area is 84.1 Å². The molecule has 0 atom stereocenters. The Bertz CT molecular complexity index is 386. The van der Waals surface area contributed by atoms with Gasteiger partial charge in [0.1, 0.15) is 0 Å². The number of ketones is 1. The van der Waals surface area contributed by atoms with Crippen molar-refractivity contribution >= 4 is 5.78 Å². The molecular weight excluding hydrogens is 172 g/mol. The van der Waals surface area contributed by atoms with Crippen molar-refractivity contribution in [1.29, 1.82) is 0 Å². The summed E-state index contributed by atoms with van der Waals surface area (Å²) in [6, 6.07) is 8.13. The smallest absolute Gasteiger partial charge is 0.173 e. The maximum Gasteiger partial charge on any atom is 0.173 e. The van der Waals surface area contributed by atoms with Crippen LogP contribution in [0.1, 0.15) is 48.0 Å². The van der Waals surface area contributed by atoms with Gasteiger partial charge in [-0.1, -0.05) is 43.5 Å². The average molecular weight is 186 g/mol. The molecule has 1 aromatic rings. The van der Waals surface area contributed by atoms with Crippen molar-refractivity contribution in [2.45, 2.75) is 37.5 Å². The first-order valence-electron chi connectivity index (χ1n) is 5.49. The molecule has 0 bridgehead atoms. The van der Waals surface area contributed by atoms with E-state index in [1.165, 1.54) is 24.8 Å². The fourth-order valence-electron chi connectivity index (χ4n) is 3.07. The minimum Gasteiger partial charge on any atom is -0.293 e. The number of carbonyl (C=O) groups is 1. The van der Waals surface area contributed by atoms with Gasteiger partial charge in [-0.2, -0.15) is 0 Å². The molecule has 1 nitrogen and oxygen atoms in total. The molecule has 1 aromatic carbocycles. The molecule has 0 aliphatic heterocycles. The molecule has 0 N–H and O–H groups in total. The fraction of sp³-hybridized carbons (Fsp3) is 0.462. The van der Waals surface area contributed by atoms with Crippen LogP contribution < -0.4 is 0 Å². The van der Waals surface area contributed by atoms with E-state index < -0.39 is 0 Å². The van der Waals surface area contributed by atoms with Gasteiger partial charge in [0.05, 0.1) is 5.41 Å². The summed E-state index contributed by atoms with van der Waals surface area (Å²) in [5.74, 6) is 0.410. The van der Waals surface area contributed by atoms with Gasteiger partial charge in [0, 0.05) is 5.56 Å². The van der Waals surface area contributed by atoms with Crippen LogP contribution in [0.2, 0.25) is 0 Å². The van der Waals surface area contributed by atoms with Crippen molar-refractivity contribution < 1.29 is 4.79 Å². The van der Waals surface area contributed by atoms with Crippen LogP contribution >= 0.6 is 0 Å². The van der Waals surface area contributed by atoms with Crippen LogP contribution in [0, 0.1) is 0 Å². The highest BCUT2D eigenvalue weighted by Crippen LogP contribution is 2.50. The van der Waals surface area contributed by atoms with Crippen LogP contribution in [0.25, 0.3) is 0 Å². The first-order valence-corrected chi connectivity index (χ1v) is 5.49. The van der Waals surface area contributed by atoms with Crippen LogP contribution in [-0.2, 0) is 5.41 Å². The van der Waals surface area contributed by atoms with Crippen LogP contribution in [0.4, 0.5) is 0 Å². The Kier molecular flexibility index (Phi) is 1.58. The molecule has 2 aliphatic carbocycles. The highest BCUT2D eigenvalue weighted by Gasteiger charge is 2.50. The molecule has 2 aliphatic rings. The zero-order chi connectivity index (χ0) is 9.60. The molecule has 72 valence electrons. The van der Waals surface area contributed by atoms with E-state index in [2.05, 4.69) is 12.1 Å². The van der Waals surface area contributed by atoms with Gasteiger partial charge >= 0.3 is 0 Å². The molecular formula is C13H14O. The second-order valence-electron chi connectivity index (χ2n) is 4.52. The van der Waals surface area contributed by atoms with Crippen LogP contribution in [0.3, 0.4) is 0 Å².